The van der Waals surface area contributed by atoms with Gasteiger partial charge in [0.2, 0.25) is 0 Å². The Kier molecular flexibility index (Phi) is 2.48. The van der Waals surface area contributed by atoms with Crippen LogP contribution >= 0.6 is 0 Å². The summed E-state index contributed by atoms with van der Waals surface area (Å²) in [6.07, 6.45) is 0. The first-order valence-corrected chi connectivity index (χ1v) is 8.43. The Bertz CT molecular complexity index is 991. The molecule has 21 heavy (non-hydrogen) atoms. The molecular weight excluding hydrogens is 282 g/mol. The molecule has 0 spiro atoms. The van der Waals surface area contributed by atoms with Crippen LogP contribution in [-0.4, -0.2) is 13.4 Å². The van der Waals surface area contributed by atoms with Crippen molar-refractivity contribution in [2.24, 2.45) is 0 Å². The zero-order valence-electron chi connectivity index (χ0n) is 11.5. The van der Waals surface area contributed by atoms with Crippen molar-refractivity contribution in [1.82, 2.24) is 4.98 Å². The van der Waals surface area contributed by atoms with Crippen molar-refractivity contribution in [3.63, 3.8) is 0 Å². The fourth-order valence-electron chi connectivity index (χ4n) is 3.02. The topological polar surface area (TPSA) is 47.0 Å². The second-order valence-corrected chi connectivity index (χ2v) is 7.29. The monoisotopic (exact) mass is 295 g/mol. The largest absolute Gasteiger partial charge is 0.247 e. The van der Waals surface area contributed by atoms with Crippen molar-refractivity contribution in [2.75, 3.05) is 0 Å². The number of benzene rings is 2. The van der Waals surface area contributed by atoms with Crippen LogP contribution in [0.25, 0.3) is 22.2 Å². The van der Waals surface area contributed by atoms with E-state index >= 15 is 0 Å². The summed E-state index contributed by atoms with van der Waals surface area (Å²) < 4.78 is 25.0. The van der Waals surface area contributed by atoms with Gasteiger partial charge in [0.1, 0.15) is 0 Å². The summed E-state index contributed by atoms with van der Waals surface area (Å²) in [7, 11) is -3.29. The Hall–Kier alpha value is -2.20. The molecule has 2 aromatic carbocycles. The Balaban J connectivity index is 2.19. The highest BCUT2D eigenvalue weighted by molar-refractivity contribution is 7.90. The molecule has 1 aliphatic rings. The van der Waals surface area contributed by atoms with Crippen LogP contribution in [0.4, 0.5) is 0 Å². The number of sulfone groups is 1. The lowest BCUT2D eigenvalue weighted by Gasteiger charge is -2.22. The second kappa shape index (κ2) is 4.15. The van der Waals surface area contributed by atoms with E-state index in [1.807, 2.05) is 43.3 Å². The van der Waals surface area contributed by atoms with Gasteiger partial charge in [-0.05, 0) is 30.2 Å². The molecule has 104 valence electrons. The van der Waals surface area contributed by atoms with E-state index in [9.17, 15) is 8.42 Å². The highest BCUT2D eigenvalue weighted by atomic mass is 32.2. The van der Waals surface area contributed by atoms with E-state index in [-0.39, 0.29) is 5.75 Å². The van der Waals surface area contributed by atoms with Gasteiger partial charge in [0.15, 0.2) is 9.84 Å². The summed E-state index contributed by atoms with van der Waals surface area (Å²) in [6, 6.07) is 15.0. The maximum absolute atomic E-state index is 12.5. The number of fused-ring (bicyclic) bond motifs is 4. The first-order valence-electron chi connectivity index (χ1n) is 6.78. The molecule has 3 nitrogen and oxygen atoms in total. The number of pyridine rings is 1. The minimum Gasteiger partial charge on any atom is -0.247 e. The molecule has 3 aromatic rings. The first-order chi connectivity index (χ1) is 10.1. The predicted molar refractivity (Wildman–Crippen MR) is 82.8 cm³/mol. The summed E-state index contributed by atoms with van der Waals surface area (Å²) in [4.78, 5) is 5.11. The first kappa shape index (κ1) is 12.5. The number of hydrogen-bond acceptors (Lipinski definition) is 3. The Morgan fingerprint density at radius 2 is 1.71 bits per heavy atom. The smallest absolute Gasteiger partial charge is 0.183 e. The predicted octanol–water partition coefficient (Wildman–Crippen LogP) is 3.50. The molecule has 1 aliphatic heterocycles. The highest BCUT2D eigenvalue weighted by Gasteiger charge is 2.30. The molecule has 0 aliphatic carbocycles. The normalized spacial score (nSPS) is 15.5. The van der Waals surface area contributed by atoms with Crippen molar-refractivity contribution in [3.05, 3.63) is 59.7 Å². The third-order valence-corrected chi connectivity index (χ3v) is 5.79. The molecule has 0 saturated carbocycles. The van der Waals surface area contributed by atoms with Gasteiger partial charge in [0.25, 0.3) is 0 Å². The van der Waals surface area contributed by atoms with Crippen molar-refractivity contribution in [2.45, 2.75) is 17.6 Å². The molecule has 0 radical (unpaired) electrons. The van der Waals surface area contributed by atoms with Gasteiger partial charge in [-0.3, -0.25) is 0 Å². The minimum atomic E-state index is -3.29. The molecular formula is C17H13NO2S. The summed E-state index contributed by atoms with van der Waals surface area (Å²) in [5.74, 6) is 0.0308. The molecule has 4 rings (SSSR count). The van der Waals surface area contributed by atoms with Gasteiger partial charge in [-0.25, -0.2) is 13.4 Å². The Labute approximate surface area is 123 Å². The fraction of sp³-hybridized carbons (Fsp3) is 0.118. The van der Waals surface area contributed by atoms with Crippen molar-refractivity contribution in [1.29, 1.82) is 0 Å². The summed E-state index contributed by atoms with van der Waals surface area (Å²) in [5, 5.41) is 1.02. The third-order valence-electron chi connectivity index (χ3n) is 4.09. The van der Waals surface area contributed by atoms with Crippen molar-refractivity contribution in [3.8, 4) is 11.3 Å². The standard InChI is InChI=1S/C17H13NO2S/c1-11-12-6-2-4-8-15(12)18-17-13-7-3-5-9-16(13)21(19,20)10-14(11)17/h2-9H,10H2,1H3. The number of aromatic nitrogens is 1. The lowest BCUT2D eigenvalue weighted by atomic mass is 9.98. The van der Waals surface area contributed by atoms with E-state index in [4.69, 9.17) is 4.98 Å². The minimum absolute atomic E-state index is 0.0308. The molecule has 0 fully saturated rings. The summed E-state index contributed by atoms with van der Waals surface area (Å²) >= 11 is 0. The molecule has 0 N–H and O–H groups in total. The highest BCUT2D eigenvalue weighted by Crippen LogP contribution is 2.39. The van der Waals surface area contributed by atoms with Crippen molar-refractivity contribution >= 4 is 20.7 Å². The molecule has 4 heteroatoms. The average Bonchev–Trinajstić information content (AvgIpc) is 2.49. The van der Waals surface area contributed by atoms with Crippen LogP contribution in [0, 0.1) is 6.92 Å². The number of hydrogen-bond donors (Lipinski definition) is 0. The SMILES string of the molecule is Cc1c2c(nc3ccccc13)-c1ccccc1S(=O)(=O)C2. The quantitative estimate of drug-likeness (QED) is 0.637. The third kappa shape index (κ3) is 1.72. The molecule has 0 unspecified atom stereocenters. The lowest BCUT2D eigenvalue weighted by molar-refractivity contribution is 0.594. The van der Waals surface area contributed by atoms with Crippen molar-refractivity contribution < 1.29 is 8.42 Å². The molecule has 1 aromatic heterocycles. The van der Waals surface area contributed by atoms with E-state index in [1.165, 1.54) is 0 Å². The number of aryl methyl sites for hydroxylation is 1. The van der Waals surface area contributed by atoms with Gasteiger partial charge in [-0.15, -0.1) is 0 Å². The molecule has 0 amide bonds. The maximum Gasteiger partial charge on any atom is 0.183 e. The molecule has 0 bridgehead atoms. The van der Waals surface area contributed by atoms with Crippen LogP contribution in [0.1, 0.15) is 11.1 Å². The Morgan fingerprint density at radius 1 is 1.00 bits per heavy atom. The Morgan fingerprint density at radius 3 is 2.57 bits per heavy atom. The number of rotatable bonds is 0. The second-order valence-electron chi connectivity index (χ2n) is 5.34. The van der Waals surface area contributed by atoms with E-state index in [2.05, 4.69) is 0 Å². The zero-order valence-corrected chi connectivity index (χ0v) is 12.3. The fourth-order valence-corrected chi connectivity index (χ4v) is 4.69. The van der Waals surface area contributed by atoms with Crippen LogP contribution in [0.15, 0.2) is 53.4 Å². The van der Waals surface area contributed by atoms with Gasteiger partial charge in [0, 0.05) is 10.9 Å². The van der Waals surface area contributed by atoms with E-state index in [0.717, 1.165) is 27.7 Å². The average molecular weight is 295 g/mol. The molecule has 0 saturated heterocycles. The van der Waals surface area contributed by atoms with Crippen LogP contribution in [0.3, 0.4) is 0 Å². The lowest BCUT2D eigenvalue weighted by Crippen LogP contribution is -2.15. The number of nitrogens with zero attached hydrogens (tertiary/aromatic N) is 1. The van der Waals surface area contributed by atoms with Gasteiger partial charge in [-0.2, -0.15) is 0 Å². The van der Waals surface area contributed by atoms with Crippen LogP contribution in [-0.2, 0) is 15.6 Å². The van der Waals surface area contributed by atoms with E-state index in [0.29, 0.717) is 10.5 Å². The number of para-hydroxylation sites is 1. The molecule has 0 atom stereocenters. The summed E-state index contributed by atoms with van der Waals surface area (Å²) in [6.45, 7) is 1.98. The maximum atomic E-state index is 12.5. The van der Waals surface area contributed by atoms with Gasteiger partial charge in [-0.1, -0.05) is 36.4 Å². The van der Waals surface area contributed by atoms with E-state index < -0.39 is 9.84 Å². The molecule has 2 heterocycles. The van der Waals surface area contributed by atoms with Gasteiger partial charge < -0.3 is 0 Å². The van der Waals surface area contributed by atoms with Gasteiger partial charge >= 0.3 is 0 Å². The van der Waals surface area contributed by atoms with Gasteiger partial charge in [0.05, 0.1) is 21.9 Å². The zero-order chi connectivity index (χ0) is 14.6. The van der Waals surface area contributed by atoms with Crippen LogP contribution < -0.4 is 0 Å². The van der Waals surface area contributed by atoms with E-state index in [1.54, 1.807) is 12.1 Å². The van der Waals surface area contributed by atoms with Crippen LogP contribution in [0.2, 0.25) is 0 Å². The summed E-state index contributed by atoms with van der Waals surface area (Å²) in [5.41, 5.74) is 4.26. The van der Waals surface area contributed by atoms with Crippen LogP contribution in [0.5, 0.6) is 0 Å².